The first-order valence-electron chi connectivity index (χ1n) is 10.3. The molecule has 0 radical (unpaired) electrons. The number of piperidine rings is 1. The number of hydrogen-bond donors (Lipinski definition) is 1. The Morgan fingerprint density at radius 2 is 2.07 bits per heavy atom. The van der Waals surface area contributed by atoms with E-state index in [2.05, 4.69) is 32.5 Å². The highest BCUT2D eigenvalue weighted by molar-refractivity contribution is 5.36. The summed E-state index contributed by atoms with van der Waals surface area (Å²) in [5, 5.41) is 7.27. The van der Waals surface area contributed by atoms with Crippen molar-refractivity contribution in [3.63, 3.8) is 0 Å². The predicted molar refractivity (Wildman–Crippen MR) is 103 cm³/mol. The maximum absolute atomic E-state index is 6.10. The lowest BCUT2D eigenvalue weighted by Gasteiger charge is -2.40. The zero-order chi connectivity index (χ0) is 19.0. The molecule has 0 bridgehead atoms. The highest BCUT2D eigenvalue weighted by Gasteiger charge is 2.47. The number of benzene rings is 1. The van der Waals surface area contributed by atoms with Gasteiger partial charge in [0.25, 0.3) is 0 Å². The van der Waals surface area contributed by atoms with Gasteiger partial charge in [-0.25, -0.2) is 0 Å². The van der Waals surface area contributed by atoms with Crippen molar-refractivity contribution >= 4 is 0 Å². The number of rotatable bonds is 5. The van der Waals surface area contributed by atoms with E-state index in [4.69, 9.17) is 14.0 Å². The van der Waals surface area contributed by atoms with Crippen LogP contribution in [-0.2, 0) is 11.3 Å². The fourth-order valence-corrected chi connectivity index (χ4v) is 4.77. The van der Waals surface area contributed by atoms with Crippen LogP contribution in [0.25, 0.3) is 0 Å². The number of likely N-dealkylation sites (tertiary alicyclic amines) is 1. The number of aryl methyl sites for hydroxylation is 1. The largest absolute Gasteiger partial charge is 0.485 e. The fourth-order valence-electron chi connectivity index (χ4n) is 4.77. The Morgan fingerprint density at radius 3 is 2.75 bits per heavy atom. The Hall–Kier alpha value is -1.96. The van der Waals surface area contributed by atoms with E-state index in [1.165, 1.54) is 12.0 Å². The normalized spacial score (nSPS) is 25.1. The van der Waals surface area contributed by atoms with Gasteiger partial charge < -0.3 is 19.3 Å². The first-order valence-corrected chi connectivity index (χ1v) is 10.3. The third kappa shape index (κ3) is 3.54. The molecule has 3 fully saturated rings. The quantitative estimate of drug-likeness (QED) is 0.848. The molecule has 150 valence electrons. The number of nitrogens with zero attached hydrogens (tertiary/aromatic N) is 3. The average molecular weight is 384 g/mol. The summed E-state index contributed by atoms with van der Waals surface area (Å²) >= 11 is 0. The molecular weight excluding hydrogens is 356 g/mol. The third-order valence-corrected chi connectivity index (χ3v) is 6.42. The Bertz CT molecular complexity index is 811. The summed E-state index contributed by atoms with van der Waals surface area (Å²) in [5.74, 6) is 2.62. The second-order valence-electron chi connectivity index (χ2n) is 8.32. The van der Waals surface area contributed by atoms with Gasteiger partial charge in [0, 0.05) is 26.1 Å². The standard InChI is InChI=1S/C21H28N4O3/c1-15-23-20(24-28-15)12-26-19-5-3-2-4-18(19)16-6-8-25(9-7-16)17-10-21(27-11-17)13-22-14-21/h2-5,16-17,22H,6-14H2,1H3. The van der Waals surface area contributed by atoms with Crippen molar-refractivity contribution in [1.29, 1.82) is 0 Å². The van der Waals surface area contributed by atoms with Gasteiger partial charge in [-0.05, 0) is 49.9 Å². The molecule has 3 aliphatic rings. The molecule has 4 heterocycles. The molecule has 1 aromatic carbocycles. The highest BCUT2D eigenvalue weighted by Crippen LogP contribution is 2.38. The van der Waals surface area contributed by atoms with Gasteiger partial charge in [-0.15, -0.1) is 0 Å². The van der Waals surface area contributed by atoms with Crippen molar-refractivity contribution < 1.29 is 14.0 Å². The van der Waals surface area contributed by atoms with E-state index >= 15 is 0 Å². The average Bonchev–Trinajstić information content (AvgIpc) is 3.33. The van der Waals surface area contributed by atoms with Crippen LogP contribution in [0, 0.1) is 6.92 Å². The minimum atomic E-state index is 0.134. The SMILES string of the molecule is Cc1nc(COc2ccccc2C2CCN(C3COC4(CNC4)C3)CC2)no1. The van der Waals surface area contributed by atoms with E-state index in [1.54, 1.807) is 6.92 Å². The molecule has 28 heavy (non-hydrogen) atoms. The molecule has 1 aromatic heterocycles. The molecule has 1 unspecified atom stereocenters. The Kier molecular flexibility index (Phi) is 4.82. The van der Waals surface area contributed by atoms with E-state index < -0.39 is 0 Å². The van der Waals surface area contributed by atoms with E-state index in [0.29, 0.717) is 30.3 Å². The second-order valence-corrected chi connectivity index (χ2v) is 8.32. The summed E-state index contributed by atoms with van der Waals surface area (Å²) in [5.41, 5.74) is 1.43. The first kappa shape index (κ1) is 18.1. The lowest BCUT2D eigenvalue weighted by atomic mass is 9.86. The van der Waals surface area contributed by atoms with Crippen LogP contribution in [0.4, 0.5) is 0 Å². The van der Waals surface area contributed by atoms with Gasteiger partial charge in [0.1, 0.15) is 5.75 Å². The van der Waals surface area contributed by atoms with Gasteiger partial charge in [-0.3, -0.25) is 4.90 Å². The van der Waals surface area contributed by atoms with Crippen LogP contribution in [-0.4, -0.2) is 59.5 Å². The molecular formula is C21H28N4O3. The summed E-state index contributed by atoms with van der Waals surface area (Å²) in [6.45, 7) is 7.30. The smallest absolute Gasteiger partial charge is 0.223 e. The number of nitrogens with one attached hydrogen (secondary N) is 1. The Labute approximate surface area is 165 Å². The number of hydrogen-bond acceptors (Lipinski definition) is 7. The number of ether oxygens (including phenoxy) is 2. The number of aromatic nitrogens is 2. The third-order valence-electron chi connectivity index (χ3n) is 6.42. The molecule has 1 N–H and O–H groups in total. The highest BCUT2D eigenvalue weighted by atomic mass is 16.5. The summed E-state index contributed by atoms with van der Waals surface area (Å²) in [4.78, 5) is 6.85. The van der Waals surface area contributed by atoms with Crippen molar-refractivity contribution in [1.82, 2.24) is 20.4 Å². The van der Waals surface area contributed by atoms with Crippen LogP contribution < -0.4 is 10.1 Å². The van der Waals surface area contributed by atoms with E-state index in [-0.39, 0.29) is 5.60 Å². The molecule has 3 saturated heterocycles. The molecule has 0 aliphatic carbocycles. The molecule has 7 heteroatoms. The van der Waals surface area contributed by atoms with Crippen molar-refractivity contribution in [3.05, 3.63) is 41.5 Å². The minimum absolute atomic E-state index is 0.134. The van der Waals surface area contributed by atoms with Crippen molar-refractivity contribution in [2.24, 2.45) is 0 Å². The molecule has 7 nitrogen and oxygen atoms in total. The molecule has 1 atom stereocenters. The molecule has 3 aliphatic heterocycles. The van der Waals surface area contributed by atoms with Crippen LogP contribution in [0.2, 0.25) is 0 Å². The minimum Gasteiger partial charge on any atom is -0.485 e. The zero-order valence-corrected chi connectivity index (χ0v) is 16.4. The van der Waals surface area contributed by atoms with Gasteiger partial charge in [-0.2, -0.15) is 4.98 Å². The maximum Gasteiger partial charge on any atom is 0.223 e. The van der Waals surface area contributed by atoms with Gasteiger partial charge in [0.2, 0.25) is 11.7 Å². The summed E-state index contributed by atoms with van der Waals surface area (Å²) in [7, 11) is 0. The van der Waals surface area contributed by atoms with Crippen LogP contribution in [0.15, 0.2) is 28.8 Å². The van der Waals surface area contributed by atoms with Crippen LogP contribution in [0.5, 0.6) is 5.75 Å². The zero-order valence-electron chi connectivity index (χ0n) is 16.4. The van der Waals surface area contributed by atoms with E-state index in [9.17, 15) is 0 Å². The molecule has 5 rings (SSSR count). The van der Waals surface area contributed by atoms with Crippen LogP contribution in [0.1, 0.15) is 42.5 Å². The van der Waals surface area contributed by atoms with E-state index in [0.717, 1.165) is 51.4 Å². The Balaban J connectivity index is 1.19. The van der Waals surface area contributed by atoms with Crippen molar-refractivity contribution in [3.8, 4) is 5.75 Å². The topological polar surface area (TPSA) is 72.7 Å². The first-order chi connectivity index (χ1) is 13.7. The lowest BCUT2D eigenvalue weighted by Crippen LogP contribution is -2.59. The Morgan fingerprint density at radius 1 is 1.25 bits per heavy atom. The predicted octanol–water partition coefficient (Wildman–Crippen LogP) is 2.27. The monoisotopic (exact) mass is 384 g/mol. The van der Waals surface area contributed by atoms with Gasteiger partial charge in [0.05, 0.1) is 12.2 Å². The van der Waals surface area contributed by atoms with Crippen molar-refractivity contribution in [2.45, 2.75) is 50.4 Å². The summed E-state index contributed by atoms with van der Waals surface area (Å²) in [6.07, 6.45) is 3.49. The summed E-state index contributed by atoms with van der Waals surface area (Å²) < 4.78 is 17.2. The second kappa shape index (κ2) is 7.46. The summed E-state index contributed by atoms with van der Waals surface area (Å²) in [6, 6.07) is 8.95. The van der Waals surface area contributed by atoms with Gasteiger partial charge >= 0.3 is 0 Å². The fraction of sp³-hybridized carbons (Fsp3) is 0.619. The van der Waals surface area contributed by atoms with Crippen LogP contribution in [0.3, 0.4) is 0 Å². The van der Waals surface area contributed by atoms with Crippen molar-refractivity contribution in [2.75, 3.05) is 32.8 Å². The van der Waals surface area contributed by atoms with Gasteiger partial charge in [0.15, 0.2) is 6.61 Å². The van der Waals surface area contributed by atoms with Gasteiger partial charge in [-0.1, -0.05) is 23.4 Å². The molecule has 0 amide bonds. The molecule has 0 saturated carbocycles. The number of para-hydroxylation sites is 1. The lowest BCUT2D eigenvalue weighted by molar-refractivity contribution is -0.0367. The molecule has 1 spiro atoms. The maximum atomic E-state index is 6.10. The van der Waals surface area contributed by atoms with Crippen LogP contribution >= 0.6 is 0 Å². The molecule has 2 aromatic rings. The van der Waals surface area contributed by atoms with E-state index in [1.807, 2.05) is 12.1 Å².